The van der Waals surface area contributed by atoms with E-state index in [1.807, 2.05) is 24.3 Å². The highest BCUT2D eigenvalue weighted by molar-refractivity contribution is 5.90. The number of piperazine rings is 1. The van der Waals surface area contributed by atoms with Crippen LogP contribution in [0.4, 0.5) is 14.5 Å². The number of hydrogen-bond donors (Lipinski definition) is 2. The second kappa shape index (κ2) is 10.9. The number of pyridine rings is 1. The first-order chi connectivity index (χ1) is 16.4. The summed E-state index contributed by atoms with van der Waals surface area (Å²) in [6.45, 7) is 4.10. The Morgan fingerprint density at radius 3 is 2.50 bits per heavy atom. The second-order valence-corrected chi connectivity index (χ2v) is 8.40. The topological polar surface area (TPSA) is 77.9 Å². The van der Waals surface area contributed by atoms with Crippen LogP contribution in [0.3, 0.4) is 0 Å². The van der Waals surface area contributed by atoms with Gasteiger partial charge in [-0.05, 0) is 42.0 Å². The SMILES string of the molecule is COc1ccc2nccc(C(O)CN3CCN(CCC(=O)Nc4cc(F)cc(F)c4)CC3)c2c1. The fraction of sp³-hybridized carbons (Fsp3) is 0.360. The summed E-state index contributed by atoms with van der Waals surface area (Å²) in [6, 6.07) is 10.4. The highest BCUT2D eigenvalue weighted by Crippen LogP contribution is 2.27. The van der Waals surface area contributed by atoms with Crippen molar-refractivity contribution in [2.75, 3.05) is 51.7 Å². The van der Waals surface area contributed by atoms with E-state index < -0.39 is 17.7 Å². The van der Waals surface area contributed by atoms with Gasteiger partial charge in [0, 0.05) is 69.0 Å². The van der Waals surface area contributed by atoms with Gasteiger partial charge in [0.05, 0.1) is 18.7 Å². The summed E-state index contributed by atoms with van der Waals surface area (Å²) in [7, 11) is 1.61. The van der Waals surface area contributed by atoms with E-state index in [-0.39, 0.29) is 18.0 Å². The Morgan fingerprint density at radius 1 is 1.09 bits per heavy atom. The standard InChI is InChI=1S/C25H28F2N4O3/c1-34-20-2-3-23-22(15-20)21(4-6-28-23)24(32)16-31-10-8-30(9-11-31)7-5-25(33)29-19-13-17(26)12-18(27)14-19/h2-4,6,12-15,24,32H,5,7-11,16H2,1H3,(H,29,33). The van der Waals surface area contributed by atoms with Crippen LogP contribution >= 0.6 is 0 Å². The highest BCUT2D eigenvalue weighted by Gasteiger charge is 2.21. The predicted molar refractivity (Wildman–Crippen MR) is 126 cm³/mol. The van der Waals surface area contributed by atoms with Crippen molar-refractivity contribution in [2.45, 2.75) is 12.5 Å². The molecular formula is C25H28F2N4O3. The Labute approximate surface area is 197 Å². The molecule has 7 nitrogen and oxygen atoms in total. The molecule has 1 atom stereocenters. The van der Waals surface area contributed by atoms with Gasteiger partial charge in [-0.25, -0.2) is 8.78 Å². The van der Waals surface area contributed by atoms with E-state index in [4.69, 9.17) is 4.74 Å². The first kappa shape index (κ1) is 24.0. The van der Waals surface area contributed by atoms with Gasteiger partial charge < -0.3 is 20.1 Å². The minimum atomic E-state index is -0.729. The Bertz CT molecular complexity index is 1130. The molecular weight excluding hydrogens is 442 g/mol. The number of methoxy groups -OCH3 is 1. The van der Waals surface area contributed by atoms with Crippen molar-refractivity contribution in [1.82, 2.24) is 14.8 Å². The van der Waals surface area contributed by atoms with E-state index >= 15 is 0 Å². The van der Waals surface area contributed by atoms with Gasteiger partial charge in [0.1, 0.15) is 17.4 Å². The van der Waals surface area contributed by atoms with Gasteiger partial charge in [-0.1, -0.05) is 0 Å². The molecule has 2 aromatic carbocycles. The first-order valence-corrected chi connectivity index (χ1v) is 11.2. The summed E-state index contributed by atoms with van der Waals surface area (Å²) in [5.74, 6) is -1.03. The van der Waals surface area contributed by atoms with E-state index in [0.29, 0.717) is 18.8 Å². The van der Waals surface area contributed by atoms with Crippen LogP contribution in [0.5, 0.6) is 5.75 Å². The molecule has 3 aromatic rings. The van der Waals surface area contributed by atoms with Crippen molar-refractivity contribution in [1.29, 1.82) is 0 Å². The number of nitrogens with zero attached hydrogens (tertiary/aromatic N) is 3. The number of anilines is 1. The Balaban J connectivity index is 1.25. The third-order valence-corrected chi connectivity index (χ3v) is 6.04. The number of ether oxygens (including phenoxy) is 1. The highest BCUT2D eigenvalue weighted by atomic mass is 19.1. The molecule has 1 aliphatic heterocycles. The molecule has 180 valence electrons. The quantitative estimate of drug-likeness (QED) is 0.527. The van der Waals surface area contributed by atoms with Crippen molar-refractivity contribution < 1.29 is 23.4 Å². The Kier molecular flexibility index (Phi) is 7.66. The number of aliphatic hydroxyl groups is 1. The number of carbonyl (C=O) groups excluding carboxylic acids is 1. The van der Waals surface area contributed by atoms with Crippen LogP contribution in [-0.2, 0) is 4.79 Å². The number of rotatable bonds is 8. The Morgan fingerprint density at radius 2 is 1.79 bits per heavy atom. The summed E-state index contributed by atoms with van der Waals surface area (Å²) in [5, 5.41) is 14.3. The maximum atomic E-state index is 13.3. The number of carbonyl (C=O) groups is 1. The number of halogens is 2. The van der Waals surface area contributed by atoms with Crippen LogP contribution < -0.4 is 10.1 Å². The molecule has 0 spiro atoms. The maximum Gasteiger partial charge on any atom is 0.225 e. The van der Waals surface area contributed by atoms with Gasteiger partial charge in [-0.2, -0.15) is 0 Å². The van der Waals surface area contributed by atoms with E-state index in [1.54, 1.807) is 13.3 Å². The smallest absolute Gasteiger partial charge is 0.225 e. The lowest BCUT2D eigenvalue weighted by Crippen LogP contribution is -2.48. The molecule has 34 heavy (non-hydrogen) atoms. The van der Waals surface area contributed by atoms with Gasteiger partial charge in [-0.15, -0.1) is 0 Å². The van der Waals surface area contributed by atoms with Gasteiger partial charge in [0.15, 0.2) is 0 Å². The predicted octanol–water partition coefficient (Wildman–Crippen LogP) is 3.20. The monoisotopic (exact) mass is 470 g/mol. The van der Waals surface area contributed by atoms with E-state index in [1.165, 1.54) is 0 Å². The molecule has 0 saturated carbocycles. The molecule has 1 amide bonds. The van der Waals surface area contributed by atoms with Crippen molar-refractivity contribution in [3.63, 3.8) is 0 Å². The lowest BCUT2D eigenvalue weighted by Gasteiger charge is -2.35. The summed E-state index contributed by atoms with van der Waals surface area (Å²) in [5.41, 5.74) is 1.74. The van der Waals surface area contributed by atoms with Crippen LogP contribution in [0, 0.1) is 11.6 Å². The number of hydrogen-bond acceptors (Lipinski definition) is 6. The molecule has 4 rings (SSSR count). The molecule has 0 radical (unpaired) electrons. The van der Waals surface area contributed by atoms with Gasteiger partial charge in [0.2, 0.25) is 5.91 Å². The van der Waals surface area contributed by atoms with Crippen molar-refractivity contribution in [3.05, 3.63) is 65.9 Å². The van der Waals surface area contributed by atoms with E-state index in [0.717, 1.165) is 60.8 Å². The number of benzene rings is 2. The molecule has 1 saturated heterocycles. The number of β-amino-alcohol motifs (C(OH)–C–C–N with tert-alkyl or cyclic N) is 1. The number of aromatic nitrogens is 1. The average molecular weight is 471 g/mol. The van der Waals surface area contributed by atoms with Crippen LogP contribution in [0.15, 0.2) is 48.7 Å². The molecule has 2 heterocycles. The average Bonchev–Trinajstić information content (AvgIpc) is 2.82. The zero-order chi connectivity index (χ0) is 24.1. The van der Waals surface area contributed by atoms with Crippen molar-refractivity contribution in [2.24, 2.45) is 0 Å². The molecule has 1 aliphatic rings. The fourth-order valence-electron chi connectivity index (χ4n) is 4.21. The van der Waals surface area contributed by atoms with Crippen molar-refractivity contribution in [3.8, 4) is 5.75 Å². The van der Waals surface area contributed by atoms with Crippen molar-refractivity contribution >= 4 is 22.5 Å². The number of nitrogens with one attached hydrogen (secondary N) is 1. The zero-order valence-corrected chi connectivity index (χ0v) is 19.0. The number of fused-ring (bicyclic) bond motifs is 1. The summed E-state index contributed by atoms with van der Waals surface area (Å²) in [4.78, 5) is 20.9. The first-order valence-electron chi connectivity index (χ1n) is 11.2. The Hall–Kier alpha value is -3.14. The van der Waals surface area contributed by atoms with Crippen LogP contribution in [0.25, 0.3) is 10.9 Å². The third-order valence-electron chi connectivity index (χ3n) is 6.04. The zero-order valence-electron chi connectivity index (χ0n) is 19.0. The maximum absolute atomic E-state index is 13.3. The normalized spacial score (nSPS) is 15.9. The van der Waals surface area contributed by atoms with Gasteiger partial charge in [-0.3, -0.25) is 14.7 Å². The summed E-state index contributed by atoms with van der Waals surface area (Å²) in [6.07, 6.45) is 1.27. The molecule has 1 unspecified atom stereocenters. The van der Waals surface area contributed by atoms with Crippen LogP contribution in [0.1, 0.15) is 18.1 Å². The summed E-state index contributed by atoms with van der Waals surface area (Å²) < 4.78 is 31.9. The minimum absolute atomic E-state index is 0.113. The summed E-state index contributed by atoms with van der Waals surface area (Å²) >= 11 is 0. The number of aliphatic hydroxyl groups excluding tert-OH is 1. The molecule has 0 bridgehead atoms. The lowest BCUT2D eigenvalue weighted by molar-refractivity contribution is -0.116. The largest absolute Gasteiger partial charge is 0.497 e. The lowest BCUT2D eigenvalue weighted by atomic mass is 10.0. The molecule has 9 heteroatoms. The minimum Gasteiger partial charge on any atom is -0.497 e. The van der Waals surface area contributed by atoms with Crippen LogP contribution in [0.2, 0.25) is 0 Å². The third kappa shape index (κ3) is 6.05. The van der Waals surface area contributed by atoms with E-state index in [9.17, 15) is 18.7 Å². The molecule has 1 fully saturated rings. The second-order valence-electron chi connectivity index (χ2n) is 8.40. The van der Waals surface area contributed by atoms with Crippen LogP contribution in [-0.4, -0.2) is 72.2 Å². The molecule has 2 N–H and O–H groups in total. The fourth-order valence-corrected chi connectivity index (χ4v) is 4.21. The number of amides is 1. The molecule has 1 aromatic heterocycles. The van der Waals surface area contributed by atoms with Gasteiger partial charge in [0.25, 0.3) is 0 Å². The van der Waals surface area contributed by atoms with E-state index in [2.05, 4.69) is 20.1 Å². The van der Waals surface area contributed by atoms with Gasteiger partial charge >= 0.3 is 0 Å². The molecule has 0 aliphatic carbocycles.